The van der Waals surface area contributed by atoms with Crippen molar-refractivity contribution in [2.24, 2.45) is 0 Å². The second kappa shape index (κ2) is 8.08. The van der Waals surface area contributed by atoms with Crippen molar-refractivity contribution in [1.82, 2.24) is 5.32 Å². The highest BCUT2D eigenvalue weighted by atomic mass is 16.5. The number of nitrogens with one attached hydrogen (secondary N) is 2. The number of hydrogen-bond acceptors (Lipinski definition) is 2. The molecule has 0 fully saturated rings. The zero-order valence-corrected chi connectivity index (χ0v) is 13.1. The fourth-order valence-electron chi connectivity index (χ4n) is 2.02. The van der Waals surface area contributed by atoms with E-state index in [9.17, 15) is 4.79 Å². The van der Waals surface area contributed by atoms with Gasteiger partial charge in [-0.2, -0.15) is 0 Å². The third-order valence-electron chi connectivity index (χ3n) is 3.26. The van der Waals surface area contributed by atoms with Crippen molar-refractivity contribution in [3.8, 4) is 5.75 Å². The van der Waals surface area contributed by atoms with Gasteiger partial charge >= 0.3 is 6.03 Å². The summed E-state index contributed by atoms with van der Waals surface area (Å²) in [5, 5.41) is 5.70. The van der Waals surface area contributed by atoms with Gasteiger partial charge < -0.3 is 15.4 Å². The zero-order valence-electron chi connectivity index (χ0n) is 13.1. The van der Waals surface area contributed by atoms with Crippen LogP contribution in [0.25, 0.3) is 0 Å². The highest BCUT2D eigenvalue weighted by Crippen LogP contribution is 2.16. The van der Waals surface area contributed by atoms with Crippen molar-refractivity contribution in [2.45, 2.75) is 20.3 Å². The lowest BCUT2D eigenvalue weighted by atomic mass is 10.1. The predicted octanol–water partition coefficient (Wildman–Crippen LogP) is 3.89. The van der Waals surface area contributed by atoms with E-state index in [0.717, 1.165) is 29.0 Å². The monoisotopic (exact) mass is 298 g/mol. The van der Waals surface area contributed by atoms with Crippen LogP contribution in [0.3, 0.4) is 0 Å². The Labute approximate surface area is 131 Å². The molecule has 116 valence electrons. The quantitative estimate of drug-likeness (QED) is 0.795. The van der Waals surface area contributed by atoms with Crippen molar-refractivity contribution in [3.63, 3.8) is 0 Å². The summed E-state index contributed by atoms with van der Waals surface area (Å²) in [5.74, 6) is 0.849. The Bertz CT molecular complexity index is 612. The molecule has 2 rings (SSSR count). The number of urea groups is 1. The van der Waals surface area contributed by atoms with Gasteiger partial charge in [0.2, 0.25) is 0 Å². The van der Waals surface area contributed by atoms with Crippen LogP contribution in [0.5, 0.6) is 5.75 Å². The van der Waals surface area contributed by atoms with E-state index in [2.05, 4.69) is 10.6 Å². The number of amides is 2. The molecule has 0 bridgehead atoms. The summed E-state index contributed by atoms with van der Waals surface area (Å²) in [6.07, 6.45) is 0.759. The van der Waals surface area contributed by atoms with Crippen LogP contribution in [0.4, 0.5) is 10.5 Å². The van der Waals surface area contributed by atoms with Gasteiger partial charge in [0.15, 0.2) is 0 Å². The second-order valence-electron chi connectivity index (χ2n) is 5.21. The van der Waals surface area contributed by atoms with E-state index in [0.29, 0.717) is 13.2 Å². The first kappa shape index (κ1) is 15.9. The Balaban J connectivity index is 1.66. The average molecular weight is 298 g/mol. The Kier molecular flexibility index (Phi) is 5.83. The van der Waals surface area contributed by atoms with Crippen LogP contribution in [0, 0.1) is 13.8 Å². The lowest BCUT2D eigenvalue weighted by Crippen LogP contribution is -2.30. The summed E-state index contributed by atoms with van der Waals surface area (Å²) in [7, 11) is 0. The van der Waals surface area contributed by atoms with Crippen molar-refractivity contribution in [3.05, 3.63) is 59.7 Å². The molecule has 0 unspecified atom stereocenters. The molecule has 0 aliphatic carbocycles. The van der Waals surface area contributed by atoms with Gasteiger partial charge in [-0.3, -0.25) is 0 Å². The minimum Gasteiger partial charge on any atom is -0.494 e. The number of carbonyl (C=O) groups is 1. The third kappa shape index (κ3) is 5.13. The molecule has 4 heteroatoms. The van der Waals surface area contributed by atoms with Gasteiger partial charge in [0.1, 0.15) is 5.75 Å². The summed E-state index contributed by atoms with van der Waals surface area (Å²) < 4.78 is 5.57. The van der Waals surface area contributed by atoms with Crippen LogP contribution in [-0.2, 0) is 0 Å². The second-order valence-corrected chi connectivity index (χ2v) is 5.21. The Morgan fingerprint density at radius 2 is 1.86 bits per heavy atom. The number of aryl methyl sites for hydroxylation is 2. The molecule has 0 radical (unpaired) electrons. The van der Waals surface area contributed by atoms with E-state index >= 15 is 0 Å². The summed E-state index contributed by atoms with van der Waals surface area (Å²) in [6, 6.07) is 15.5. The first-order valence-corrected chi connectivity index (χ1v) is 7.45. The van der Waals surface area contributed by atoms with Gasteiger partial charge in [0, 0.05) is 12.2 Å². The number of anilines is 1. The summed E-state index contributed by atoms with van der Waals surface area (Å²) in [4.78, 5) is 11.8. The molecular weight excluding hydrogens is 276 g/mol. The molecule has 0 aliphatic heterocycles. The summed E-state index contributed by atoms with van der Waals surface area (Å²) in [5.41, 5.74) is 3.02. The number of rotatable bonds is 6. The molecule has 0 atom stereocenters. The Morgan fingerprint density at radius 1 is 1.09 bits per heavy atom. The van der Waals surface area contributed by atoms with Crippen LogP contribution in [0.2, 0.25) is 0 Å². The topological polar surface area (TPSA) is 50.4 Å². The van der Waals surface area contributed by atoms with E-state index in [1.165, 1.54) is 0 Å². The fraction of sp³-hybridized carbons (Fsp3) is 0.278. The van der Waals surface area contributed by atoms with Crippen LogP contribution >= 0.6 is 0 Å². The normalized spacial score (nSPS) is 10.1. The van der Waals surface area contributed by atoms with Crippen molar-refractivity contribution < 1.29 is 9.53 Å². The summed E-state index contributed by atoms with van der Waals surface area (Å²) >= 11 is 0. The zero-order chi connectivity index (χ0) is 15.8. The van der Waals surface area contributed by atoms with Crippen molar-refractivity contribution >= 4 is 11.7 Å². The van der Waals surface area contributed by atoms with E-state index in [1.807, 2.05) is 62.4 Å². The number of ether oxygens (including phenoxy) is 1. The first-order valence-electron chi connectivity index (χ1n) is 7.45. The van der Waals surface area contributed by atoms with Gasteiger partial charge in [-0.05, 0) is 49.6 Å². The molecule has 2 amide bonds. The van der Waals surface area contributed by atoms with Crippen molar-refractivity contribution in [1.29, 1.82) is 0 Å². The fourth-order valence-corrected chi connectivity index (χ4v) is 2.02. The van der Waals surface area contributed by atoms with Crippen LogP contribution in [0.15, 0.2) is 48.5 Å². The summed E-state index contributed by atoms with van der Waals surface area (Å²) in [6.45, 7) is 5.13. The maximum atomic E-state index is 11.8. The predicted molar refractivity (Wildman–Crippen MR) is 89.5 cm³/mol. The maximum absolute atomic E-state index is 11.8. The maximum Gasteiger partial charge on any atom is 0.319 e. The third-order valence-corrected chi connectivity index (χ3v) is 3.26. The molecule has 2 aromatic rings. The van der Waals surface area contributed by atoms with Gasteiger partial charge in [0.25, 0.3) is 0 Å². The SMILES string of the molecule is Cc1ccc(C)c(NC(=O)NCCCOc2ccccc2)c1. The van der Waals surface area contributed by atoms with Gasteiger partial charge in [-0.1, -0.05) is 30.3 Å². The molecule has 0 heterocycles. The minimum absolute atomic E-state index is 0.187. The van der Waals surface area contributed by atoms with Crippen LogP contribution in [-0.4, -0.2) is 19.2 Å². The van der Waals surface area contributed by atoms with E-state index in [4.69, 9.17) is 4.74 Å². The first-order chi connectivity index (χ1) is 10.6. The highest BCUT2D eigenvalue weighted by molar-refractivity contribution is 5.90. The number of carbonyl (C=O) groups excluding carboxylic acids is 1. The number of hydrogen-bond donors (Lipinski definition) is 2. The average Bonchev–Trinajstić information content (AvgIpc) is 2.51. The molecule has 0 saturated carbocycles. The van der Waals surface area contributed by atoms with Gasteiger partial charge in [0.05, 0.1) is 6.61 Å². The Morgan fingerprint density at radius 3 is 2.64 bits per heavy atom. The molecule has 0 spiro atoms. The van der Waals surface area contributed by atoms with Gasteiger partial charge in [-0.15, -0.1) is 0 Å². The lowest BCUT2D eigenvalue weighted by molar-refractivity contribution is 0.250. The molecule has 2 N–H and O–H groups in total. The standard InChI is InChI=1S/C18H22N2O2/c1-14-9-10-15(2)17(13-14)20-18(21)19-11-6-12-22-16-7-4-3-5-8-16/h3-5,7-10,13H,6,11-12H2,1-2H3,(H2,19,20,21). The van der Waals surface area contributed by atoms with E-state index in [-0.39, 0.29) is 6.03 Å². The smallest absolute Gasteiger partial charge is 0.319 e. The number of para-hydroxylation sites is 1. The lowest BCUT2D eigenvalue weighted by Gasteiger charge is -2.11. The van der Waals surface area contributed by atoms with E-state index < -0.39 is 0 Å². The van der Waals surface area contributed by atoms with Crippen LogP contribution < -0.4 is 15.4 Å². The molecule has 0 saturated heterocycles. The van der Waals surface area contributed by atoms with Crippen LogP contribution in [0.1, 0.15) is 17.5 Å². The highest BCUT2D eigenvalue weighted by Gasteiger charge is 2.04. The largest absolute Gasteiger partial charge is 0.494 e. The molecule has 4 nitrogen and oxygen atoms in total. The molecule has 0 aromatic heterocycles. The molecule has 0 aliphatic rings. The van der Waals surface area contributed by atoms with E-state index in [1.54, 1.807) is 0 Å². The van der Waals surface area contributed by atoms with Crippen molar-refractivity contribution in [2.75, 3.05) is 18.5 Å². The molecular formula is C18H22N2O2. The Hall–Kier alpha value is -2.49. The van der Waals surface area contributed by atoms with Gasteiger partial charge in [-0.25, -0.2) is 4.79 Å². The minimum atomic E-state index is -0.187. The molecule has 2 aromatic carbocycles. The number of benzene rings is 2. The molecule has 22 heavy (non-hydrogen) atoms.